The molecule has 0 heterocycles. The molecule has 2 N–H and O–H groups in total. The Hall–Kier alpha value is -0.870. The van der Waals surface area contributed by atoms with Gasteiger partial charge in [-0.25, -0.2) is 8.42 Å². The number of hydrogen-bond donors (Lipinski definition) is 1. The Morgan fingerprint density at radius 1 is 1.15 bits per heavy atom. The fraction of sp³-hybridized carbons (Fsp3) is 0.625. The highest BCUT2D eigenvalue weighted by atomic mass is 32.2. The minimum absolute atomic E-state index is 0.0995. The number of rotatable bonds is 3. The molecule has 2 rings (SSSR count). The topological polar surface area (TPSA) is 60.2 Å². The summed E-state index contributed by atoms with van der Waals surface area (Å²) in [5.41, 5.74) is 7.68. The summed E-state index contributed by atoms with van der Waals surface area (Å²) < 4.78 is 26.1. The molecule has 1 aliphatic carbocycles. The first-order valence-electron chi connectivity index (χ1n) is 7.48. The van der Waals surface area contributed by atoms with E-state index in [0.717, 1.165) is 43.2 Å². The van der Waals surface area contributed by atoms with Gasteiger partial charge < -0.3 is 5.73 Å². The number of sulfone groups is 1. The minimum atomic E-state index is -3.28. The summed E-state index contributed by atoms with van der Waals surface area (Å²) in [5.74, 6) is 0.0995. The summed E-state index contributed by atoms with van der Waals surface area (Å²) in [6.45, 7) is 4.28. The zero-order valence-corrected chi connectivity index (χ0v) is 13.2. The highest BCUT2D eigenvalue weighted by Gasteiger charge is 2.35. The smallest absolute Gasteiger partial charge is 0.181 e. The van der Waals surface area contributed by atoms with Gasteiger partial charge in [-0.2, -0.15) is 0 Å². The Labute approximate surface area is 122 Å². The molecule has 0 radical (unpaired) electrons. The molecule has 0 aromatic heterocycles. The van der Waals surface area contributed by atoms with E-state index in [4.69, 9.17) is 5.73 Å². The summed E-state index contributed by atoms with van der Waals surface area (Å²) in [6, 6.07) is 5.67. The second kappa shape index (κ2) is 6.27. The molecule has 4 heteroatoms. The maximum atomic E-state index is 13.0. The lowest BCUT2D eigenvalue weighted by Gasteiger charge is -2.24. The van der Waals surface area contributed by atoms with Crippen LogP contribution in [0.25, 0.3) is 0 Å². The maximum Gasteiger partial charge on any atom is 0.181 e. The van der Waals surface area contributed by atoms with Crippen LogP contribution in [0.2, 0.25) is 0 Å². The van der Waals surface area contributed by atoms with Crippen LogP contribution < -0.4 is 5.73 Å². The SMILES string of the molecule is Cc1ccc(C)c(S(=O)(=O)C2CCCCCC2CN)c1. The van der Waals surface area contributed by atoms with Gasteiger partial charge in [0.25, 0.3) is 0 Å². The average molecular weight is 295 g/mol. The zero-order chi connectivity index (χ0) is 14.8. The first-order valence-corrected chi connectivity index (χ1v) is 9.02. The quantitative estimate of drug-likeness (QED) is 0.872. The summed E-state index contributed by atoms with van der Waals surface area (Å²) >= 11 is 0. The fourth-order valence-corrected chi connectivity index (χ4v) is 5.63. The van der Waals surface area contributed by atoms with Gasteiger partial charge in [-0.05, 0) is 56.3 Å². The van der Waals surface area contributed by atoms with Crippen molar-refractivity contribution in [2.75, 3.05) is 6.54 Å². The molecule has 1 saturated carbocycles. The van der Waals surface area contributed by atoms with Gasteiger partial charge >= 0.3 is 0 Å². The third kappa shape index (κ3) is 3.07. The molecule has 1 aromatic rings. The Balaban J connectivity index is 2.44. The Morgan fingerprint density at radius 2 is 1.85 bits per heavy atom. The van der Waals surface area contributed by atoms with E-state index in [0.29, 0.717) is 11.4 Å². The molecule has 1 fully saturated rings. The third-order valence-corrected chi connectivity index (χ3v) is 6.91. The van der Waals surface area contributed by atoms with Crippen molar-refractivity contribution in [1.29, 1.82) is 0 Å². The van der Waals surface area contributed by atoms with Gasteiger partial charge in [0.1, 0.15) is 0 Å². The van der Waals surface area contributed by atoms with E-state index >= 15 is 0 Å². The average Bonchev–Trinajstić information content (AvgIpc) is 2.66. The number of hydrogen-bond acceptors (Lipinski definition) is 3. The lowest BCUT2D eigenvalue weighted by molar-refractivity contribution is 0.456. The van der Waals surface area contributed by atoms with Crippen LogP contribution in [-0.4, -0.2) is 20.2 Å². The fourth-order valence-electron chi connectivity index (χ4n) is 3.21. The van der Waals surface area contributed by atoms with Gasteiger partial charge in [0.05, 0.1) is 10.1 Å². The van der Waals surface area contributed by atoms with Gasteiger partial charge in [-0.15, -0.1) is 0 Å². The normalized spacial score (nSPS) is 24.4. The van der Waals surface area contributed by atoms with Crippen molar-refractivity contribution in [2.24, 2.45) is 11.7 Å². The van der Waals surface area contributed by atoms with Crippen molar-refractivity contribution < 1.29 is 8.42 Å². The predicted octanol–water partition coefficient (Wildman–Crippen LogP) is 2.98. The Kier molecular flexibility index (Phi) is 4.86. The number of benzene rings is 1. The highest BCUT2D eigenvalue weighted by molar-refractivity contribution is 7.92. The first-order chi connectivity index (χ1) is 9.46. The van der Waals surface area contributed by atoms with Crippen molar-refractivity contribution in [3.63, 3.8) is 0 Å². The van der Waals surface area contributed by atoms with E-state index in [-0.39, 0.29) is 11.2 Å². The van der Waals surface area contributed by atoms with E-state index in [1.807, 2.05) is 32.0 Å². The molecule has 112 valence electrons. The van der Waals surface area contributed by atoms with E-state index in [9.17, 15) is 8.42 Å². The van der Waals surface area contributed by atoms with E-state index in [1.54, 1.807) is 0 Å². The zero-order valence-electron chi connectivity index (χ0n) is 12.4. The first kappa shape index (κ1) is 15.5. The number of nitrogens with two attached hydrogens (primary N) is 1. The number of aryl methyl sites for hydroxylation is 2. The molecule has 0 aliphatic heterocycles. The van der Waals surface area contributed by atoms with Crippen LogP contribution in [0.1, 0.15) is 43.2 Å². The molecular formula is C16H25NO2S. The minimum Gasteiger partial charge on any atom is -0.330 e. The van der Waals surface area contributed by atoms with E-state index < -0.39 is 9.84 Å². The molecule has 0 amide bonds. The van der Waals surface area contributed by atoms with Crippen LogP contribution in [0.3, 0.4) is 0 Å². The van der Waals surface area contributed by atoms with Gasteiger partial charge in [-0.1, -0.05) is 31.4 Å². The molecule has 20 heavy (non-hydrogen) atoms. The van der Waals surface area contributed by atoms with Gasteiger partial charge in [-0.3, -0.25) is 0 Å². The summed E-state index contributed by atoms with van der Waals surface area (Å²) in [4.78, 5) is 0.503. The lowest BCUT2D eigenvalue weighted by Crippen LogP contribution is -2.34. The molecule has 0 spiro atoms. The van der Waals surface area contributed by atoms with Crippen molar-refractivity contribution >= 4 is 9.84 Å². The van der Waals surface area contributed by atoms with Gasteiger partial charge in [0.15, 0.2) is 9.84 Å². The molecule has 3 nitrogen and oxygen atoms in total. The largest absolute Gasteiger partial charge is 0.330 e. The standard InChI is InChI=1S/C16H25NO2S/c1-12-8-9-13(2)16(10-12)20(18,19)15-7-5-3-4-6-14(15)11-17/h8-10,14-15H,3-7,11,17H2,1-2H3. The molecule has 1 aliphatic rings. The van der Waals surface area contributed by atoms with Crippen LogP contribution in [0.4, 0.5) is 0 Å². The van der Waals surface area contributed by atoms with E-state index in [2.05, 4.69) is 0 Å². The van der Waals surface area contributed by atoms with Crippen molar-refractivity contribution in [2.45, 2.75) is 56.1 Å². The van der Waals surface area contributed by atoms with Crippen LogP contribution in [0, 0.1) is 19.8 Å². The monoisotopic (exact) mass is 295 g/mol. The molecule has 0 bridgehead atoms. The van der Waals surface area contributed by atoms with Crippen LogP contribution in [0.5, 0.6) is 0 Å². The van der Waals surface area contributed by atoms with Crippen molar-refractivity contribution in [3.8, 4) is 0 Å². The Bertz CT molecular complexity index is 566. The van der Waals surface area contributed by atoms with Crippen molar-refractivity contribution in [3.05, 3.63) is 29.3 Å². The van der Waals surface area contributed by atoms with Gasteiger partial charge in [0, 0.05) is 0 Å². The second-order valence-corrected chi connectivity index (χ2v) is 8.12. The predicted molar refractivity (Wildman–Crippen MR) is 82.5 cm³/mol. The maximum absolute atomic E-state index is 13.0. The van der Waals surface area contributed by atoms with E-state index in [1.165, 1.54) is 0 Å². The molecule has 1 aromatic carbocycles. The van der Waals surface area contributed by atoms with Crippen LogP contribution in [0.15, 0.2) is 23.1 Å². The Morgan fingerprint density at radius 3 is 2.55 bits per heavy atom. The highest BCUT2D eigenvalue weighted by Crippen LogP contribution is 2.33. The summed E-state index contributed by atoms with van der Waals surface area (Å²) in [7, 11) is -3.28. The molecule has 2 atom stereocenters. The lowest BCUT2D eigenvalue weighted by atomic mass is 10.0. The molecule has 2 unspecified atom stereocenters. The van der Waals surface area contributed by atoms with Crippen LogP contribution >= 0.6 is 0 Å². The summed E-state index contributed by atoms with van der Waals surface area (Å²) in [6.07, 6.45) is 4.89. The second-order valence-electron chi connectivity index (χ2n) is 5.99. The molecule has 0 saturated heterocycles. The van der Waals surface area contributed by atoms with Gasteiger partial charge in [0.2, 0.25) is 0 Å². The van der Waals surface area contributed by atoms with Crippen LogP contribution in [-0.2, 0) is 9.84 Å². The van der Waals surface area contributed by atoms with Crippen molar-refractivity contribution in [1.82, 2.24) is 0 Å². The third-order valence-electron chi connectivity index (χ3n) is 4.44. The summed E-state index contributed by atoms with van der Waals surface area (Å²) in [5, 5.41) is -0.310. The molecular weight excluding hydrogens is 270 g/mol.